The van der Waals surface area contributed by atoms with E-state index < -0.39 is 11.6 Å². The summed E-state index contributed by atoms with van der Waals surface area (Å²) in [6.45, 7) is 2.01. The number of halogens is 3. The van der Waals surface area contributed by atoms with Crippen molar-refractivity contribution in [2.75, 3.05) is 5.32 Å². The molecule has 1 unspecified atom stereocenters. The minimum atomic E-state index is -0.592. The van der Waals surface area contributed by atoms with Gasteiger partial charge in [-0.25, -0.2) is 23.4 Å². The lowest BCUT2D eigenvalue weighted by Crippen LogP contribution is -2.14. The number of nitrogens with zero attached hydrogens (tertiary/aromatic N) is 4. The monoisotopic (exact) mass is 395 g/mol. The first kappa shape index (κ1) is 16.8. The summed E-state index contributed by atoms with van der Waals surface area (Å²) >= 11 is 3.40. The molecule has 0 radical (unpaired) electrons. The molecule has 0 spiro atoms. The Bertz CT molecular complexity index is 880. The summed E-state index contributed by atoms with van der Waals surface area (Å²) in [5.74, 6) is -0.607. The fraction of sp³-hybridized carbons (Fsp3) is 0.312. The molecule has 5 nitrogen and oxygen atoms in total. The highest BCUT2D eigenvalue weighted by Crippen LogP contribution is 2.31. The van der Waals surface area contributed by atoms with E-state index in [9.17, 15) is 8.78 Å². The van der Waals surface area contributed by atoms with E-state index in [4.69, 9.17) is 0 Å². The van der Waals surface area contributed by atoms with Crippen LogP contribution >= 0.6 is 15.9 Å². The van der Waals surface area contributed by atoms with Crippen LogP contribution in [-0.4, -0.2) is 19.7 Å². The van der Waals surface area contributed by atoms with Crippen LogP contribution in [0, 0.1) is 11.6 Å². The lowest BCUT2D eigenvalue weighted by atomic mass is 10.0. The molecule has 3 rings (SSSR count). The van der Waals surface area contributed by atoms with Crippen molar-refractivity contribution < 1.29 is 8.78 Å². The van der Waals surface area contributed by atoms with Crippen molar-refractivity contribution in [3.05, 3.63) is 46.3 Å². The summed E-state index contributed by atoms with van der Waals surface area (Å²) in [7, 11) is 1.78. The van der Waals surface area contributed by atoms with Crippen LogP contribution in [0.3, 0.4) is 0 Å². The first-order valence-corrected chi connectivity index (χ1v) is 8.35. The molecule has 8 heteroatoms. The number of hydrogen-bond acceptors (Lipinski definition) is 4. The van der Waals surface area contributed by atoms with Crippen molar-refractivity contribution >= 4 is 32.8 Å². The Balaban J connectivity index is 2.03. The second-order valence-corrected chi connectivity index (χ2v) is 6.24. The molecule has 0 amide bonds. The highest BCUT2D eigenvalue weighted by molar-refractivity contribution is 9.10. The van der Waals surface area contributed by atoms with Gasteiger partial charge in [-0.1, -0.05) is 19.4 Å². The van der Waals surface area contributed by atoms with Crippen molar-refractivity contribution in [3.8, 4) is 0 Å². The van der Waals surface area contributed by atoms with Gasteiger partial charge in [0.05, 0.1) is 11.4 Å². The molecule has 24 heavy (non-hydrogen) atoms. The Kier molecular flexibility index (Phi) is 4.75. The van der Waals surface area contributed by atoms with Gasteiger partial charge in [-0.05, 0) is 28.4 Å². The van der Waals surface area contributed by atoms with Crippen molar-refractivity contribution in [2.45, 2.75) is 25.8 Å². The molecule has 1 N–H and O–H groups in total. The van der Waals surface area contributed by atoms with Crippen LogP contribution in [0.2, 0.25) is 0 Å². The number of fused-ring (bicyclic) bond motifs is 1. The Morgan fingerprint density at radius 1 is 1.29 bits per heavy atom. The molecule has 0 aliphatic heterocycles. The minimum Gasteiger partial charge on any atom is -0.362 e. The Labute approximate surface area is 146 Å². The molecule has 0 fully saturated rings. The molecule has 3 aromatic rings. The largest absolute Gasteiger partial charge is 0.362 e. The highest BCUT2D eigenvalue weighted by atomic mass is 79.9. The summed E-state index contributed by atoms with van der Waals surface area (Å²) < 4.78 is 29.6. The molecule has 126 valence electrons. The maximum Gasteiger partial charge on any atom is 0.164 e. The number of rotatable bonds is 5. The van der Waals surface area contributed by atoms with Gasteiger partial charge in [-0.3, -0.25) is 0 Å². The average molecular weight is 396 g/mol. The van der Waals surface area contributed by atoms with E-state index in [0.717, 1.165) is 17.9 Å². The van der Waals surface area contributed by atoms with E-state index in [1.54, 1.807) is 11.7 Å². The van der Waals surface area contributed by atoms with E-state index in [1.165, 1.54) is 18.5 Å². The quantitative estimate of drug-likeness (QED) is 0.697. The third kappa shape index (κ3) is 3.10. The number of anilines is 1. The highest BCUT2D eigenvalue weighted by Gasteiger charge is 2.20. The van der Waals surface area contributed by atoms with Gasteiger partial charge < -0.3 is 5.32 Å². The molecular weight excluding hydrogens is 380 g/mol. The SMILES string of the molecule is CCCC(Nc1ncnc2c1c(Br)nn2C)c1ccc(F)cc1F. The molecule has 1 aromatic carbocycles. The fourth-order valence-corrected chi connectivity index (χ4v) is 3.30. The smallest absolute Gasteiger partial charge is 0.164 e. The van der Waals surface area contributed by atoms with Crippen LogP contribution in [0.25, 0.3) is 11.0 Å². The van der Waals surface area contributed by atoms with Crippen LogP contribution in [0.5, 0.6) is 0 Å². The molecule has 0 saturated heterocycles. The minimum absolute atomic E-state index is 0.333. The van der Waals surface area contributed by atoms with Crippen LogP contribution in [0.1, 0.15) is 31.4 Å². The second kappa shape index (κ2) is 6.80. The van der Waals surface area contributed by atoms with Gasteiger partial charge in [0.15, 0.2) is 5.65 Å². The number of benzene rings is 1. The van der Waals surface area contributed by atoms with E-state index in [1.807, 2.05) is 6.92 Å². The number of aryl methyl sites for hydroxylation is 1. The van der Waals surface area contributed by atoms with E-state index >= 15 is 0 Å². The van der Waals surface area contributed by atoms with Crippen molar-refractivity contribution in [2.24, 2.45) is 7.05 Å². The molecule has 0 saturated carbocycles. The van der Waals surface area contributed by atoms with Crippen LogP contribution in [0.15, 0.2) is 29.1 Å². The van der Waals surface area contributed by atoms with E-state index in [-0.39, 0.29) is 6.04 Å². The lowest BCUT2D eigenvalue weighted by molar-refractivity contribution is 0.551. The van der Waals surface area contributed by atoms with Gasteiger partial charge in [0.2, 0.25) is 0 Å². The summed E-state index contributed by atoms with van der Waals surface area (Å²) in [5, 5.41) is 8.26. The number of nitrogens with one attached hydrogen (secondary N) is 1. The van der Waals surface area contributed by atoms with E-state index in [2.05, 4.69) is 36.3 Å². The zero-order chi connectivity index (χ0) is 17.3. The summed E-state index contributed by atoms with van der Waals surface area (Å²) in [4.78, 5) is 8.49. The lowest BCUT2D eigenvalue weighted by Gasteiger charge is -2.20. The second-order valence-electron chi connectivity index (χ2n) is 5.49. The molecular formula is C16H16BrF2N5. The van der Waals surface area contributed by atoms with Gasteiger partial charge in [-0.15, -0.1) is 0 Å². The maximum atomic E-state index is 14.2. The molecule has 0 bridgehead atoms. The van der Waals surface area contributed by atoms with Crippen molar-refractivity contribution in [3.63, 3.8) is 0 Å². The Morgan fingerprint density at radius 2 is 2.08 bits per heavy atom. The molecule has 1 atom stereocenters. The van der Waals surface area contributed by atoms with Crippen LogP contribution in [0.4, 0.5) is 14.6 Å². The summed E-state index contributed by atoms with van der Waals surface area (Å²) in [5.41, 5.74) is 1.07. The van der Waals surface area contributed by atoms with Gasteiger partial charge >= 0.3 is 0 Å². The van der Waals surface area contributed by atoms with E-state index in [0.29, 0.717) is 28.1 Å². The van der Waals surface area contributed by atoms with Crippen LogP contribution < -0.4 is 5.32 Å². The van der Waals surface area contributed by atoms with Gasteiger partial charge in [0.25, 0.3) is 0 Å². The third-order valence-electron chi connectivity index (χ3n) is 3.80. The predicted octanol–water partition coefficient (Wildman–Crippen LogP) is 4.36. The average Bonchev–Trinajstić information content (AvgIpc) is 2.83. The van der Waals surface area contributed by atoms with Gasteiger partial charge in [-0.2, -0.15) is 5.10 Å². The summed E-state index contributed by atoms with van der Waals surface area (Å²) in [6.07, 6.45) is 2.94. The zero-order valence-corrected chi connectivity index (χ0v) is 14.8. The molecule has 0 aliphatic rings. The van der Waals surface area contributed by atoms with Crippen molar-refractivity contribution in [1.29, 1.82) is 0 Å². The fourth-order valence-electron chi connectivity index (χ4n) is 2.69. The normalized spacial score (nSPS) is 12.5. The summed E-state index contributed by atoms with van der Waals surface area (Å²) in [6, 6.07) is 3.29. The Morgan fingerprint density at radius 3 is 2.79 bits per heavy atom. The van der Waals surface area contributed by atoms with Crippen LogP contribution in [-0.2, 0) is 7.05 Å². The molecule has 2 heterocycles. The third-order valence-corrected chi connectivity index (χ3v) is 4.36. The predicted molar refractivity (Wildman–Crippen MR) is 91.6 cm³/mol. The van der Waals surface area contributed by atoms with Gasteiger partial charge in [0, 0.05) is 18.7 Å². The Hall–Kier alpha value is -2.09. The first-order chi connectivity index (χ1) is 11.5. The topological polar surface area (TPSA) is 55.6 Å². The number of aromatic nitrogens is 4. The molecule has 2 aromatic heterocycles. The van der Waals surface area contributed by atoms with Crippen molar-refractivity contribution in [1.82, 2.24) is 19.7 Å². The van der Waals surface area contributed by atoms with Gasteiger partial charge in [0.1, 0.15) is 28.4 Å². The first-order valence-electron chi connectivity index (χ1n) is 7.56. The maximum absolute atomic E-state index is 14.2. The zero-order valence-electron chi connectivity index (χ0n) is 13.2. The standard InChI is InChI=1S/C16H16BrF2N5/c1-3-4-12(10-6-5-9(18)7-11(10)19)22-15-13-14(17)23-24(2)16(13)21-8-20-15/h5-8,12H,3-4H2,1-2H3,(H,20,21,22). The number of hydrogen-bond donors (Lipinski definition) is 1. The molecule has 0 aliphatic carbocycles.